The zero-order chi connectivity index (χ0) is 37.3. The molecule has 1 aromatic rings. The maximum absolute atomic E-state index is 15.0. The van der Waals surface area contributed by atoms with E-state index >= 15 is 0 Å². The van der Waals surface area contributed by atoms with Gasteiger partial charge in [0.25, 0.3) is 0 Å². The van der Waals surface area contributed by atoms with Crippen LogP contribution in [0.2, 0.25) is 0 Å². The Balaban J connectivity index is 1.75. The number of carbonyl (C=O) groups is 4. The smallest absolute Gasteiger partial charge is 0.313 e. The molecular formula is C39H56BrN3O7. The molecule has 276 valence electrons. The number of nitrogens with zero attached hydrogens (tertiary/aromatic N) is 3. The predicted molar refractivity (Wildman–Crippen MR) is 196 cm³/mol. The van der Waals surface area contributed by atoms with Crippen LogP contribution >= 0.6 is 15.9 Å². The molecule has 3 aliphatic heterocycles. The Morgan fingerprint density at radius 1 is 1.14 bits per heavy atom. The molecule has 1 N–H and O–H groups in total. The number of likely N-dealkylation sites (N-methyl/N-ethyl adjacent to an activating group) is 1. The molecule has 1 unspecified atom stereocenters. The summed E-state index contributed by atoms with van der Waals surface area (Å²) in [4.78, 5) is 61.6. The normalized spacial score (nSPS) is 27.7. The summed E-state index contributed by atoms with van der Waals surface area (Å²) in [5.74, 6) is -3.50. The van der Waals surface area contributed by atoms with Crippen molar-refractivity contribution in [3.63, 3.8) is 0 Å². The van der Waals surface area contributed by atoms with Gasteiger partial charge in [0.05, 0.1) is 36.6 Å². The summed E-state index contributed by atoms with van der Waals surface area (Å²) in [6, 6.07) is 6.89. The van der Waals surface area contributed by atoms with Gasteiger partial charge in [0.2, 0.25) is 17.7 Å². The van der Waals surface area contributed by atoms with Crippen LogP contribution in [0.15, 0.2) is 55.6 Å². The van der Waals surface area contributed by atoms with E-state index in [1.807, 2.05) is 51.1 Å². The number of hydrogen-bond acceptors (Lipinski definition) is 7. The first-order valence-electron chi connectivity index (χ1n) is 17.7. The van der Waals surface area contributed by atoms with Gasteiger partial charge in [-0.1, -0.05) is 79.2 Å². The van der Waals surface area contributed by atoms with Crippen LogP contribution < -0.4 is 0 Å². The van der Waals surface area contributed by atoms with Crippen molar-refractivity contribution in [3.05, 3.63) is 61.2 Å². The van der Waals surface area contributed by atoms with Gasteiger partial charge >= 0.3 is 5.97 Å². The van der Waals surface area contributed by atoms with Gasteiger partial charge in [-0.05, 0) is 57.9 Å². The van der Waals surface area contributed by atoms with Gasteiger partial charge in [-0.15, -0.1) is 13.2 Å². The first-order valence-corrected chi connectivity index (χ1v) is 18.6. The minimum Gasteiger partial charge on any atom is -0.455 e. The second-order valence-corrected chi connectivity index (χ2v) is 17.2. The molecule has 9 atom stereocenters. The summed E-state index contributed by atoms with van der Waals surface area (Å²) in [7, 11) is 1.69. The van der Waals surface area contributed by atoms with Crippen molar-refractivity contribution in [2.24, 2.45) is 17.3 Å². The lowest BCUT2D eigenvalue weighted by Gasteiger charge is -2.46. The summed E-state index contributed by atoms with van der Waals surface area (Å²) < 4.78 is 13.1. The number of ether oxygens (including phenoxy) is 2. The van der Waals surface area contributed by atoms with Crippen LogP contribution in [0.4, 0.5) is 0 Å². The summed E-state index contributed by atoms with van der Waals surface area (Å²) in [5.41, 5.74) is -1.36. The van der Waals surface area contributed by atoms with Crippen LogP contribution in [0.3, 0.4) is 0 Å². The van der Waals surface area contributed by atoms with Crippen LogP contribution in [0, 0.1) is 17.3 Å². The lowest BCUT2D eigenvalue weighted by atomic mass is 9.70. The number of rotatable bonds is 15. The van der Waals surface area contributed by atoms with E-state index in [4.69, 9.17) is 9.47 Å². The van der Waals surface area contributed by atoms with Crippen LogP contribution in [-0.4, -0.2) is 104 Å². The molecule has 1 spiro atoms. The molecule has 3 aliphatic rings. The highest BCUT2D eigenvalue weighted by Gasteiger charge is 2.77. The van der Waals surface area contributed by atoms with Crippen LogP contribution in [0.1, 0.15) is 85.8 Å². The van der Waals surface area contributed by atoms with E-state index in [1.165, 1.54) is 4.90 Å². The molecule has 4 rings (SSSR count). The minimum absolute atomic E-state index is 0.109. The monoisotopic (exact) mass is 757 g/mol. The molecule has 50 heavy (non-hydrogen) atoms. The number of aliphatic hydroxyl groups excluding tert-OH is 1. The van der Waals surface area contributed by atoms with Gasteiger partial charge in [0, 0.05) is 30.4 Å². The van der Waals surface area contributed by atoms with E-state index in [0.717, 1.165) is 0 Å². The fourth-order valence-corrected chi connectivity index (χ4v) is 9.55. The highest BCUT2D eigenvalue weighted by Crippen LogP contribution is 2.61. The molecule has 3 fully saturated rings. The zero-order valence-corrected chi connectivity index (χ0v) is 32.5. The SMILES string of the molecule is C=CCCC(=O)N(C)[C@@H](C)[C@@H](OC(=O)[C@@H]1[C@H]2O[C@@]3(CC2Br)[C@H](C(=O)N(CC=C)C(C)(C)CC(C)(C)C)N([C@H](C)CO)C(=O)[C@@H]13)c1ccccc1. The average Bonchev–Trinajstić information content (AvgIpc) is 3.65. The first-order chi connectivity index (χ1) is 23.4. The third-order valence-corrected chi connectivity index (χ3v) is 11.5. The molecule has 0 radical (unpaired) electrons. The van der Waals surface area contributed by atoms with E-state index in [0.29, 0.717) is 24.8 Å². The Hall–Kier alpha value is -3.02. The number of allylic oxidation sites excluding steroid dienone is 1. The molecule has 0 saturated carbocycles. The van der Waals surface area contributed by atoms with Crippen molar-refractivity contribution < 1.29 is 33.8 Å². The number of halogens is 1. The van der Waals surface area contributed by atoms with E-state index in [1.54, 1.807) is 35.9 Å². The molecule has 0 aromatic heterocycles. The van der Waals surface area contributed by atoms with Crippen molar-refractivity contribution >= 4 is 39.6 Å². The number of likely N-dealkylation sites (tertiary alicyclic amines) is 1. The number of alkyl halides is 1. The van der Waals surface area contributed by atoms with Crippen molar-refractivity contribution in [2.45, 2.75) is 120 Å². The zero-order valence-electron chi connectivity index (χ0n) is 30.9. The minimum atomic E-state index is -1.33. The second-order valence-electron chi connectivity index (χ2n) is 16.1. The van der Waals surface area contributed by atoms with Crippen LogP contribution in [0.25, 0.3) is 0 Å². The quantitative estimate of drug-likeness (QED) is 0.144. The Bertz CT molecular complexity index is 1440. The van der Waals surface area contributed by atoms with E-state index in [2.05, 4.69) is 49.9 Å². The maximum Gasteiger partial charge on any atom is 0.313 e. The van der Waals surface area contributed by atoms with E-state index in [-0.39, 0.29) is 41.6 Å². The number of carbonyl (C=O) groups excluding carboxylic acids is 4. The van der Waals surface area contributed by atoms with Gasteiger partial charge < -0.3 is 29.3 Å². The number of aliphatic hydroxyl groups is 1. The van der Waals surface area contributed by atoms with Crippen molar-refractivity contribution in [2.75, 3.05) is 20.2 Å². The molecule has 3 heterocycles. The Kier molecular flexibility index (Phi) is 12.2. The fraction of sp³-hybridized carbons (Fsp3) is 0.641. The number of fused-ring (bicyclic) bond motifs is 1. The number of hydrogen-bond donors (Lipinski definition) is 1. The highest BCUT2D eigenvalue weighted by molar-refractivity contribution is 9.09. The third kappa shape index (κ3) is 7.46. The summed E-state index contributed by atoms with van der Waals surface area (Å²) in [5, 5.41) is 10.4. The lowest BCUT2D eigenvalue weighted by molar-refractivity contribution is -0.165. The molecule has 2 bridgehead atoms. The van der Waals surface area contributed by atoms with Crippen molar-refractivity contribution in [1.29, 1.82) is 0 Å². The molecule has 1 aromatic carbocycles. The maximum atomic E-state index is 15.0. The van der Waals surface area contributed by atoms with Gasteiger partial charge in [0.15, 0.2) is 0 Å². The summed E-state index contributed by atoms with van der Waals surface area (Å²) in [6.07, 6.45) is 3.59. The van der Waals surface area contributed by atoms with Crippen molar-refractivity contribution in [1.82, 2.24) is 14.7 Å². The molecular weight excluding hydrogens is 702 g/mol. The van der Waals surface area contributed by atoms with Gasteiger partial charge in [0.1, 0.15) is 17.7 Å². The predicted octanol–water partition coefficient (Wildman–Crippen LogP) is 5.44. The fourth-order valence-electron chi connectivity index (χ4n) is 8.61. The van der Waals surface area contributed by atoms with E-state index in [9.17, 15) is 24.3 Å². The third-order valence-electron chi connectivity index (χ3n) is 10.6. The van der Waals surface area contributed by atoms with Crippen LogP contribution in [0.5, 0.6) is 0 Å². The highest BCUT2D eigenvalue weighted by atomic mass is 79.9. The van der Waals surface area contributed by atoms with Gasteiger partial charge in [-0.3, -0.25) is 19.2 Å². The lowest BCUT2D eigenvalue weighted by Crippen LogP contribution is -2.62. The van der Waals surface area contributed by atoms with Crippen LogP contribution in [-0.2, 0) is 28.7 Å². The standard InChI is InChI=1S/C39H56BrN3O7/c1-11-13-19-28(45)41(10)25(4)31(26-17-15-14-16-18-26)49-36(48)29-30-34(46)43(24(3)22-44)33(39(30)21-27(40)32(29)50-39)35(47)42(20-12-2)38(8,9)23-37(5,6)7/h11-12,14-18,24-25,27,29-33,44H,1-2,13,19-23H2,3-10H3/t24-,25+,27?,29+,30-,31-,32+,33+,39-/m1/s1. The largest absolute Gasteiger partial charge is 0.455 e. The molecule has 0 aliphatic carbocycles. The Morgan fingerprint density at radius 3 is 2.34 bits per heavy atom. The number of esters is 1. The summed E-state index contributed by atoms with van der Waals surface area (Å²) >= 11 is 3.75. The van der Waals surface area contributed by atoms with Crippen molar-refractivity contribution in [3.8, 4) is 0 Å². The van der Waals surface area contributed by atoms with Gasteiger partial charge in [-0.2, -0.15) is 0 Å². The first kappa shape index (κ1) is 39.8. The van der Waals surface area contributed by atoms with E-state index < -0.39 is 65.2 Å². The number of benzene rings is 1. The second kappa shape index (κ2) is 15.3. The molecule has 3 saturated heterocycles. The average molecular weight is 759 g/mol. The summed E-state index contributed by atoms with van der Waals surface area (Å²) in [6.45, 7) is 21.4. The Morgan fingerprint density at radius 2 is 1.78 bits per heavy atom. The molecule has 3 amide bonds. The molecule has 11 heteroatoms. The number of amides is 3. The van der Waals surface area contributed by atoms with Gasteiger partial charge in [-0.25, -0.2) is 0 Å². The molecule has 10 nitrogen and oxygen atoms in total. The topological polar surface area (TPSA) is 117 Å². The Labute approximate surface area is 306 Å².